The van der Waals surface area contributed by atoms with Gasteiger partial charge in [0, 0.05) is 18.9 Å². The number of carbonyl (C=O) groups excluding carboxylic acids is 1. The van der Waals surface area contributed by atoms with E-state index >= 15 is 0 Å². The van der Waals surface area contributed by atoms with Crippen LogP contribution in [0.15, 0.2) is 60.9 Å². The molecule has 0 fully saturated rings. The van der Waals surface area contributed by atoms with Crippen molar-refractivity contribution in [3.63, 3.8) is 0 Å². The number of nitrogens with one attached hydrogen (secondary N) is 1. The minimum absolute atomic E-state index is 0.0645. The molecule has 0 bridgehead atoms. The Kier molecular flexibility index (Phi) is 7.09. The van der Waals surface area contributed by atoms with E-state index in [-0.39, 0.29) is 31.0 Å². The van der Waals surface area contributed by atoms with Crippen LogP contribution < -0.4 is 5.32 Å². The number of aromatic nitrogens is 1. The van der Waals surface area contributed by atoms with E-state index in [0.29, 0.717) is 23.3 Å². The Hall–Kier alpha value is -3.36. The van der Waals surface area contributed by atoms with Gasteiger partial charge in [0.15, 0.2) is 0 Å². The molecule has 9 heteroatoms. The van der Waals surface area contributed by atoms with Crippen LogP contribution in [-0.4, -0.2) is 17.4 Å². The van der Waals surface area contributed by atoms with Gasteiger partial charge in [-0.3, -0.25) is 9.78 Å². The highest BCUT2D eigenvalue weighted by molar-refractivity contribution is 6.00. The van der Waals surface area contributed by atoms with Crippen molar-refractivity contribution in [2.75, 3.05) is 6.54 Å². The van der Waals surface area contributed by atoms with Crippen LogP contribution in [0.4, 0.5) is 26.3 Å². The number of aryl methyl sites for hydroxylation is 2. The summed E-state index contributed by atoms with van der Waals surface area (Å²) < 4.78 is 78.0. The van der Waals surface area contributed by atoms with Gasteiger partial charge in [-0.1, -0.05) is 24.3 Å². The second-order valence-electron chi connectivity index (χ2n) is 7.51. The Bertz CT molecular complexity index is 1110. The molecule has 3 aromatic rings. The predicted molar refractivity (Wildman–Crippen MR) is 112 cm³/mol. The Morgan fingerprint density at radius 3 is 2.15 bits per heavy atom. The summed E-state index contributed by atoms with van der Waals surface area (Å²) in [6.45, 7) is 1.97. The molecule has 3 rings (SSSR count). The lowest BCUT2D eigenvalue weighted by Crippen LogP contribution is -2.25. The maximum absolute atomic E-state index is 13.0. The summed E-state index contributed by atoms with van der Waals surface area (Å²) in [6.07, 6.45) is -6.72. The third-order valence-electron chi connectivity index (χ3n) is 5.08. The Morgan fingerprint density at radius 2 is 1.55 bits per heavy atom. The number of benzene rings is 2. The van der Waals surface area contributed by atoms with Gasteiger partial charge in [0.25, 0.3) is 5.91 Å². The summed E-state index contributed by atoms with van der Waals surface area (Å²) in [4.78, 5) is 16.7. The zero-order chi connectivity index (χ0) is 24.2. The molecule has 0 aliphatic carbocycles. The van der Waals surface area contributed by atoms with Crippen molar-refractivity contribution in [1.82, 2.24) is 10.3 Å². The lowest BCUT2D eigenvalue weighted by Gasteiger charge is -2.14. The van der Waals surface area contributed by atoms with Crippen LogP contribution in [0.3, 0.4) is 0 Å². The second-order valence-corrected chi connectivity index (χ2v) is 7.51. The number of hydrogen-bond donors (Lipinski definition) is 1. The van der Waals surface area contributed by atoms with Gasteiger partial charge in [0.2, 0.25) is 0 Å². The zero-order valence-electron chi connectivity index (χ0n) is 17.5. The van der Waals surface area contributed by atoms with Gasteiger partial charge < -0.3 is 5.32 Å². The van der Waals surface area contributed by atoms with Gasteiger partial charge >= 0.3 is 12.4 Å². The van der Waals surface area contributed by atoms with Crippen molar-refractivity contribution in [2.24, 2.45) is 0 Å². The van der Waals surface area contributed by atoms with Gasteiger partial charge in [0.1, 0.15) is 0 Å². The van der Waals surface area contributed by atoms with Crippen LogP contribution in [0.25, 0.3) is 11.1 Å². The van der Waals surface area contributed by atoms with E-state index in [0.717, 1.165) is 11.1 Å². The number of carbonyl (C=O) groups is 1. The number of nitrogens with zero attached hydrogens (tertiary/aromatic N) is 1. The molecule has 0 spiro atoms. The number of rotatable bonds is 6. The Balaban J connectivity index is 1.69. The first kappa shape index (κ1) is 24.3. The first-order chi connectivity index (χ1) is 15.5. The first-order valence-corrected chi connectivity index (χ1v) is 10.0. The molecule has 1 amide bonds. The van der Waals surface area contributed by atoms with Crippen molar-refractivity contribution >= 4 is 5.91 Å². The number of alkyl halides is 6. The Labute approximate surface area is 186 Å². The van der Waals surface area contributed by atoms with Crippen molar-refractivity contribution < 1.29 is 31.1 Å². The molecule has 0 unspecified atom stereocenters. The van der Waals surface area contributed by atoms with E-state index in [9.17, 15) is 31.1 Å². The van der Waals surface area contributed by atoms with E-state index in [1.54, 1.807) is 12.3 Å². The third kappa shape index (κ3) is 6.12. The second kappa shape index (κ2) is 9.64. The SMILES string of the molecule is Cc1ccccc1-c1ccncc1C(=O)NCCCc1cc(C(F)(F)F)cc(C(F)(F)F)c1. The maximum Gasteiger partial charge on any atom is 0.416 e. The molecule has 0 saturated carbocycles. The lowest BCUT2D eigenvalue weighted by atomic mass is 9.97. The molecule has 1 aromatic heterocycles. The number of pyridine rings is 1. The summed E-state index contributed by atoms with van der Waals surface area (Å²) in [6, 6.07) is 10.7. The minimum Gasteiger partial charge on any atom is -0.352 e. The van der Waals surface area contributed by atoms with E-state index in [1.165, 1.54) is 6.20 Å². The first-order valence-electron chi connectivity index (χ1n) is 10.0. The summed E-state index contributed by atoms with van der Waals surface area (Å²) in [7, 11) is 0. The van der Waals surface area contributed by atoms with Crippen LogP contribution in [0.2, 0.25) is 0 Å². The average Bonchev–Trinajstić information content (AvgIpc) is 2.75. The molecule has 0 atom stereocenters. The highest BCUT2D eigenvalue weighted by Gasteiger charge is 2.36. The molecule has 3 nitrogen and oxygen atoms in total. The van der Waals surface area contributed by atoms with E-state index < -0.39 is 29.4 Å². The Morgan fingerprint density at radius 1 is 0.909 bits per heavy atom. The fourth-order valence-electron chi connectivity index (χ4n) is 3.44. The van der Waals surface area contributed by atoms with Crippen LogP contribution in [0, 0.1) is 6.92 Å². The predicted octanol–water partition coefficient (Wildman–Crippen LogP) is 6.46. The summed E-state index contributed by atoms with van der Waals surface area (Å²) >= 11 is 0. The summed E-state index contributed by atoms with van der Waals surface area (Å²) in [5.41, 5.74) is 0.00699. The molecule has 174 valence electrons. The number of amides is 1. The van der Waals surface area contributed by atoms with Crippen molar-refractivity contribution in [3.05, 3.63) is 88.7 Å². The molecule has 1 heterocycles. The lowest BCUT2D eigenvalue weighted by molar-refractivity contribution is -0.143. The molecular formula is C24H20F6N2O. The molecule has 0 saturated heterocycles. The quantitative estimate of drug-likeness (QED) is 0.335. The normalized spacial score (nSPS) is 12.0. The zero-order valence-corrected chi connectivity index (χ0v) is 17.5. The van der Waals surface area contributed by atoms with Gasteiger partial charge in [-0.2, -0.15) is 26.3 Å². The molecule has 0 aliphatic heterocycles. The van der Waals surface area contributed by atoms with Crippen LogP contribution in [-0.2, 0) is 18.8 Å². The van der Waals surface area contributed by atoms with Crippen LogP contribution in [0.1, 0.15) is 39.0 Å². The summed E-state index contributed by atoms with van der Waals surface area (Å²) in [5.74, 6) is -0.429. The standard InChI is InChI=1S/C24H20F6N2O/c1-15-5-2-3-7-19(15)20-8-10-31-14-21(20)22(33)32-9-4-6-16-11-17(23(25,26)27)13-18(12-16)24(28,29)30/h2-3,5,7-8,10-14H,4,6,9H2,1H3,(H,32,33). The maximum atomic E-state index is 13.0. The monoisotopic (exact) mass is 466 g/mol. The molecule has 1 N–H and O–H groups in total. The molecule has 0 aliphatic rings. The fraction of sp³-hybridized carbons (Fsp3) is 0.250. The van der Waals surface area contributed by atoms with Crippen LogP contribution in [0.5, 0.6) is 0 Å². The van der Waals surface area contributed by atoms with Crippen LogP contribution >= 0.6 is 0 Å². The fourth-order valence-corrected chi connectivity index (χ4v) is 3.44. The van der Waals surface area contributed by atoms with Gasteiger partial charge in [0.05, 0.1) is 16.7 Å². The highest BCUT2D eigenvalue weighted by Crippen LogP contribution is 2.36. The average molecular weight is 466 g/mol. The van der Waals surface area contributed by atoms with Crippen molar-refractivity contribution in [2.45, 2.75) is 32.1 Å². The topological polar surface area (TPSA) is 42.0 Å². The number of hydrogen-bond acceptors (Lipinski definition) is 2. The number of halogens is 6. The van der Waals surface area contributed by atoms with Gasteiger partial charge in [-0.25, -0.2) is 0 Å². The highest BCUT2D eigenvalue weighted by atomic mass is 19.4. The molecular weight excluding hydrogens is 446 g/mol. The van der Waals surface area contributed by atoms with E-state index in [1.807, 2.05) is 31.2 Å². The van der Waals surface area contributed by atoms with Gasteiger partial charge in [-0.15, -0.1) is 0 Å². The largest absolute Gasteiger partial charge is 0.416 e. The molecule has 0 radical (unpaired) electrons. The molecule has 33 heavy (non-hydrogen) atoms. The van der Waals surface area contributed by atoms with Crippen molar-refractivity contribution in [1.29, 1.82) is 0 Å². The smallest absolute Gasteiger partial charge is 0.352 e. The summed E-state index contributed by atoms with van der Waals surface area (Å²) in [5, 5.41) is 2.67. The molecule has 2 aromatic carbocycles. The van der Waals surface area contributed by atoms with E-state index in [2.05, 4.69) is 10.3 Å². The van der Waals surface area contributed by atoms with E-state index in [4.69, 9.17) is 0 Å². The van der Waals surface area contributed by atoms with Crippen molar-refractivity contribution in [3.8, 4) is 11.1 Å². The van der Waals surface area contributed by atoms with Gasteiger partial charge in [-0.05, 0) is 66.3 Å². The third-order valence-corrected chi connectivity index (χ3v) is 5.08. The minimum atomic E-state index is -4.89.